The minimum absolute atomic E-state index is 0.161. The highest BCUT2D eigenvalue weighted by atomic mass is 16.5. The number of nitrogens with one attached hydrogen (secondary N) is 1. The number of carbonyl (C=O) groups excluding carboxylic acids is 3. The Morgan fingerprint density at radius 2 is 1.86 bits per heavy atom. The lowest BCUT2D eigenvalue weighted by molar-refractivity contribution is -0.152. The van der Waals surface area contributed by atoms with Crippen LogP contribution in [-0.4, -0.2) is 74.5 Å². The summed E-state index contributed by atoms with van der Waals surface area (Å²) in [4.78, 5) is 38.7. The molecule has 0 bridgehead atoms. The number of esters is 1. The number of nitrogens with zero attached hydrogens (tertiary/aromatic N) is 2. The highest BCUT2D eigenvalue weighted by molar-refractivity contribution is 6.35. The van der Waals surface area contributed by atoms with Gasteiger partial charge in [-0.15, -0.1) is 0 Å². The van der Waals surface area contributed by atoms with Gasteiger partial charge < -0.3 is 19.9 Å². The molecule has 1 heterocycles. The second-order valence-electron chi connectivity index (χ2n) is 5.38. The SMILES string of the molecule is CCOC(=O)C1CCN(C(=O)C(=O)NCCN(C)C)CC1. The Hall–Kier alpha value is -1.63. The van der Waals surface area contributed by atoms with E-state index in [1.165, 1.54) is 4.90 Å². The first-order chi connectivity index (χ1) is 9.95. The van der Waals surface area contributed by atoms with Crippen LogP contribution in [0.1, 0.15) is 19.8 Å². The van der Waals surface area contributed by atoms with E-state index in [9.17, 15) is 14.4 Å². The van der Waals surface area contributed by atoms with Gasteiger partial charge in [-0.1, -0.05) is 0 Å². The molecule has 0 saturated carbocycles. The molecule has 1 saturated heterocycles. The number of hydrogen-bond donors (Lipinski definition) is 1. The Morgan fingerprint density at radius 1 is 1.24 bits per heavy atom. The van der Waals surface area contributed by atoms with Crippen molar-refractivity contribution >= 4 is 17.8 Å². The number of carbonyl (C=O) groups is 3. The molecule has 0 aromatic rings. The number of rotatable bonds is 5. The summed E-state index contributed by atoms with van der Waals surface area (Å²) in [6, 6.07) is 0. The molecule has 0 atom stereocenters. The Morgan fingerprint density at radius 3 is 2.38 bits per heavy atom. The van der Waals surface area contributed by atoms with E-state index >= 15 is 0 Å². The van der Waals surface area contributed by atoms with E-state index in [1.54, 1.807) is 6.92 Å². The zero-order valence-electron chi connectivity index (χ0n) is 13.1. The van der Waals surface area contributed by atoms with Crippen LogP contribution in [0, 0.1) is 5.92 Å². The third-order valence-corrected chi connectivity index (χ3v) is 3.44. The van der Waals surface area contributed by atoms with E-state index in [0.717, 1.165) is 0 Å². The van der Waals surface area contributed by atoms with E-state index in [-0.39, 0.29) is 11.9 Å². The summed E-state index contributed by atoms with van der Waals surface area (Å²) in [6.45, 7) is 4.11. The Balaban J connectivity index is 2.34. The number of likely N-dealkylation sites (N-methyl/N-ethyl adjacent to an activating group) is 1. The number of likely N-dealkylation sites (tertiary alicyclic amines) is 1. The zero-order chi connectivity index (χ0) is 15.8. The van der Waals surface area contributed by atoms with Crippen molar-refractivity contribution in [1.29, 1.82) is 0 Å². The van der Waals surface area contributed by atoms with Gasteiger partial charge in [-0.05, 0) is 33.9 Å². The summed E-state index contributed by atoms with van der Waals surface area (Å²) >= 11 is 0. The molecule has 120 valence electrons. The van der Waals surface area contributed by atoms with Gasteiger partial charge in [-0.3, -0.25) is 14.4 Å². The number of piperidine rings is 1. The quantitative estimate of drug-likeness (QED) is 0.545. The maximum absolute atomic E-state index is 12.0. The number of amides is 2. The van der Waals surface area contributed by atoms with Gasteiger partial charge in [0.15, 0.2) is 0 Å². The summed E-state index contributed by atoms with van der Waals surface area (Å²) in [5.41, 5.74) is 0. The van der Waals surface area contributed by atoms with E-state index in [2.05, 4.69) is 5.32 Å². The smallest absolute Gasteiger partial charge is 0.311 e. The highest BCUT2D eigenvalue weighted by Crippen LogP contribution is 2.18. The minimum Gasteiger partial charge on any atom is -0.466 e. The van der Waals surface area contributed by atoms with Crippen LogP contribution in [-0.2, 0) is 19.1 Å². The van der Waals surface area contributed by atoms with Gasteiger partial charge in [0.05, 0.1) is 12.5 Å². The van der Waals surface area contributed by atoms with Gasteiger partial charge in [0.25, 0.3) is 0 Å². The van der Waals surface area contributed by atoms with E-state index in [4.69, 9.17) is 4.74 Å². The van der Waals surface area contributed by atoms with Gasteiger partial charge in [-0.25, -0.2) is 0 Å². The normalized spacial score (nSPS) is 15.9. The summed E-state index contributed by atoms with van der Waals surface area (Å²) < 4.78 is 4.97. The highest BCUT2D eigenvalue weighted by Gasteiger charge is 2.30. The zero-order valence-corrected chi connectivity index (χ0v) is 13.1. The van der Waals surface area contributed by atoms with Gasteiger partial charge in [0.2, 0.25) is 0 Å². The van der Waals surface area contributed by atoms with Crippen molar-refractivity contribution in [2.24, 2.45) is 5.92 Å². The fourth-order valence-electron chi connectivity index (χ4n) is 2.19. The molecule has 7 nitrogen and oxygen atoms in total. The molecule has 1 N–H and O–H groups in total. The third-order valence-electron chi connectivity index (χ3n) is 3.44. The van der Waals surface area contributed by atoms with Crippen LogP contribution >= 0.6 is 0 Å². The second-order valence-corrected chi connectivity index (χ2v) is 5.38. The summed E-state index contributed by atoms with van der Waals surface area (Å²) in [7, 11) is 3.79. The molecular weight excluding hydrogens is 274 g/mol. The first kappa shape index (κ1) is 17.4. The summed E-state index contributed by atoms with van der Waals surface area (Å²) in [5, 5.41) is 2.60. The summed E-state index contributed by atoms with van der Waals surface area (Å²) in [5.74, 6) is -1.46. The molecule has 21 heavy (non-hydrogen) atoms. The van der Waals surface area contributed by atoms with E-state index in [0.29, 0.717) is 45.6 Å². The van der Waals surface area contributed by atoms with Gasteiger partial charge in [0.1, 0.15) is 0 Å². The average Bonchev–Trinajstić information content (AvgIpc) is 2.46. The maximum atomic E-state index is 12.0. The number of ether oxygens (including phenoxy) is 1. The molecule has 1 fully saturated rings. The van der Waals surface area contributed by atoms with Crippen molar-refractivity contribution in [3.63, 3.8) is 0 Å². The van der Waals surface area contributed by atoms with Gasteiger partial charge >= 0.3 is 17.8 Å². The van der Waals surface area contributed by atoms with Crippen molar-refractivity contribution in [3.8, 4) is 0 Å². The van der Waals surface area contributed by atoms with Crippen molar-refractivity contribution in [2.45, 2.75) is 19.8 Å². The molecule has 7 heteroatoms. The van der Waals surface area contributed by atoms with Gasteiger partial charge in [0, 0.05) is 26.2 Å². The maximum Gasteiger partial charge on any atom is 0.311 e. The van der Waals surface area contributed by atoms with Crippen molar-refractivity contribution in [1.82, 2.24) is 15.1 Å². The van der Waals surface area contributed by atoms with Crippen molar-refractivity contribution in [2.75, 3.05) is 46.9 Å². The predicted octanol–water partition coefficient (Wildman–Crippen LogP) is -0.534. The first-order valence-corrected chi connectivity index (χ1v) is 7.34. The molecule has 0 aliphatic carbocycles. The molecule has 0 aromatic carbocycles. The van der Waals surface area contributed by atoms with Crippen LogP contribution in [0.5, 0.6) is 0 Å². The lowest BCUT2D eigenvalue weighted by Gasteiger charge is -2.30. The molecule has 1 aliphatic rings. The molecule has 1 aliphatic heterocycles. The predicted molar refractivity (Wildman–Crippen MR) is 77.5 cm³/mol. The van der Waals surface area contributed by atoms with Crippen LogP contribution < -0.4 is 5.32 Å². The van der Waals surface area contributed by atoms with Crippen LogP contribution in [0.4, 0.5) is 0 Å². The molecule has 0 radical (unpaired) electrons. The molecule has 0 unspecified atom stereocenters. The second kappa shape index (κ2) is 8.61. The molecule has 1 rings (SSSR count). The van der Waals surface area contributed by atoms with Gasteiger partial charge in [-0.2, -0.15) is 0 Å². The van der Waals surface area contributed by atoms with Crippen LogP contribution in [0.3, 0.4) is 0 Å². The Kier molecular flexibility index (Phi) is 7.14. The third kappa shape index (κ3) is 5.71. The topological polar surface area (TPSA) is 78.9 Å². The van der Waals surface area contributed by atoms with Crippen LogP contribution in [0.15, 0.2) is 0 Å². The Bertz CT molecular complexity index is 376. The molecule has 0 aromatic heterocycles. The van der Waals surface area contributed by atoms with Crippen LogP contribution in [0.25, 0.3) is 0 Å². The van der Waals surface area contributed by atoms with Crippen molar-refractivity contribution in [3.05, 3.63) is 0 Å². The first-order valence-electron chi connectivity index (χ1n) is 7.34. The number of hydrogen-bond acceptors (Lipinski definition) is 5. The van der Waals surface area contributed by atoms with Crippen LogP contribution in [0.2, 0.25) is 0 Å². The lowest BCUT2D eigenvalue weighted by atomic mass is 9.97. The molecule has 2 amide bonds. The average molecular weight is 299 g/mol. The monoisotopic (exact) mass is 299 g/mol. The fraction of sp³-hybridized carbons (Fsp3) is 0.786. The summed E-state index contributed by atoms with van der Waals surface area (Å²) in [6.07, 6.45) is 1.10. The lowest BCUT2D eigenvalue weighted by Crippen LogP contribution is -2.48. The van der Waals surface area contributed by atoms with E-state index in [1.807, 2.05) is 19.0 Å². The minimum atomic E-state index is -0.577. The largest absolute Gasteiger partial charge is 0.466 e. The standard InChI is InChI=1S/C14H25N3O4/c1-4-21-14(20)11-5-8-17(9-6-11)13(19)12(18)15-7-10-16(2)3/h11H,4-10H2,1-3H3,(H,15,18). The molecular formula is C14H25N3O4. The fourth-order valence-corrected chi connectivity index (χ4v) is 2.19. The van der Waals surface area contributed by atoms with E-state index < -0.39 is 11.8 Å². The molecule has 0 spiro atoms. The van der Waals surface area contributed by atoms with Crippen molar-refractivity contribution < 1.29 is 19.1 Å². The Labute approximate surface area is 125 Å².